The van der Waals surface area contributed by atoms with Gasteiger partial charge in [0.05, 0.1) is 26.9 Å². The molecule has 0 amide bonds. The summed E-state index contributed by atoms with van der Waals surface area (Å²) in [7, 11) is 4.67. The molecule has 1 aliphatic heterocycles. The lowest BCUT2D eigenvalue weighted by atomic mass is 9.68. The SMILES string of the molecule is COc1cc([C@@H]2C(C(=O)OC3CCCCC3)=C(C)NC3=C2C(=O)CC(C)(C)C3)cc(OC)c1OC. The van der Waals surface area contributed by atoms with Gasteiger partial charge in [0.25, 0.3) is 0 Å². The molecule has 190 valence electrons. The number of benzene rings is 1. The zero-order valence-corrected chi connectivity index (χ0v) is 21.7. The monoisotopic (exact) mass is 483 g/mol. The predicted octanol–water partition coefficient (Wildman–Crippen LogP) is 5.19. The number of allylic oxidation sites excluding steroid dienone is 3. The second kappa shape index (κ2) is 9.96. The maximum Gasteiger partial charge on any atom is 0.337 e. The average Bonchev–Trinajstić information content (AvgIpc) is 2.81. The third-order valence-corrected chi connectivity index (χ3v) is 7.31. The second-order valence-corrected chi connectivity index (χ2v) is 10.6. The first-order chi connectivity index (χ1) is 16.7. The molecule has 1 heterocycles. The lowest BCUT2D eigenvalue weighted by molar-refractivity contribution is -0.146. The topological polar surface area (TPSA) is 83.1 Å². The Morgan fingerprint density at radius 2 is 1.60 bits per heavy atom. The lowest BCUT2D eigenvalue weighted by Crippen LogP contribution is -2.39. The number of hydrogen-bond acceptors (Lipinski definition) is 7. The summed E-state index contributed by atoms with van der Waals surface area (Å²) in [5.41, 5.74) is 3.25. The zero-order valence-electron chi connectivity index (χ0n) is 21.7. The Balaban J connectivity index is 1.85. The third kappa shape index (κ3) is 4.91. The lowest BCUT2D eigenvalue weighted by Gasteiger charge is -2.39. The molecule has 0 radical (unpaired) electrons. The number of ketones is 1. The van der Waals surface area contributed by atoms with Crippen molar-refractivity contribution >= 4 is 11.8 Å². The van der Waals surface area contributed by atoms with E-state index in [0.29, 0.717) is 40.5 Å². The van der Waals surface area contributed by atoms with Gasteiger partial charge in [-0.1, -0.05) is 20.3 Å². The van der Waals surface area contributed by atoms with Crippen molar-refractivity contribution < 1.29 is 28.5 Å². The number of rotatable bonds is 6. The summed E-state index contributed by atoms with van der Waals surface area (Å²) in [5.74, 6) is 0.500. The van der Waals surface area contributed by atoms with Crippen LogP contribution in [0.2, 0.25) is 0 Å². The minimum atomic E-state index is -0.584. The molecule has 0 unspecified atom stereocenters. The van der Waals surface area contributed by atoms with Crippen molar-refractivity contribution in [3.63, 3.8) is 0 Å². The van der Waals surface area contributed by atoms with Gasteiger partial charge in [0.15, 0.2) is 17.3 Å². The number of nitrogens with one attached hydrogen (secondary N) is 1. The van der Waals surface area contributed by atoms with Gasteiger partial charge in [-0.25, -0.2) is 4.79 Å². The minimum Gasteiger partial charge on any atom is -0.493 e. The highest BCUT2D eigenvalue weighted by atomic mass is 16.5. The van der Waals surface area contributed by atoms with Gasteiger partial charge in [-0.3, -0.25) is 4.79 Å². The Bertz CT molecular complexity index is 1050. The van der Waals surface area contributed by atoms with E-state index in [0.717, 1.165) is 43.4 Å². The van der Waals surface area contributed by atoms with E-state index in [4.69, 9.17) is 18.9 Å². The molecular formula is C28H37NO6. The van der Waals surface area contributed by atoms with Crippen LogP contribution in [-0.4, -0.2) is 39.2 Å². The molecular weight excluding hydrogens is 446 g/mol. The Kier molecular flexibility index (Phi) is 7.15. The molecule has 1 aromatic carbocycles. The fourth-order valence-electron chi connectivity index (χ4n) is 5.71. The largest absolute Gasteiger partial charge is 0.493 e. The molecule has 2 aliphatic carbocycles. The van der Waals surface area contributed by atoms with Crippen LogP contribution in [0.25, 0.3) is 0 Å². The summed E-state index contributed by atoms with van der Waals surface area (Å²) in [6.45, 7) is 6.08. The molecule has 7 nitrogen and oxygen atoms in total. The highest BCUT2D eigenvalue weighted by Crippen LogP contribution is 2.49. The Hall–Kier alpha value is -2.96. The van der Waals surface area contributed by atoms with Crippen molar-refractivity contribution in [3.05, 3.63) is 40.2 Å². The highest BCUT2D eigenvalue weighted by molar-refractivity contribution is 6.04. The van der Waals surface area contributed by atoms with Gasteiger partial charge in [0.1, 0.15) is 6.10 Å². The number of ether oxygens (including phenoxy) is 4. The molecule has 0 saturated heterocycles. The first kappa shape index (κ1) is 25.1. The number of esters is 1. The molecule has 35 heavy (non-hydrogen) atoms. The van der Waals surface area contributed by atoms with Crippen molar-refractivity contribution in [2.45, 2.75) is 77.7 Å². The summed E-state index contributed by atoms with van der Waals surface area (Å²) in [6, 6.07) is 3.66. The Morgan fingerprint density at radius 3 is 2.17 bits per heavy atom. The van der Waals surface area contributed by atoms with Gasteiger partial charge in [0.2, 0.25) is 5.75 Å². The number of Topliss-reactive ketones (excluding diaryl/α,β-unsaturated/α-hetero) is 1. The molecule has 1 fully saturated rings. The normalized spacial score (nSPS) is 22.3. The van der Waals surface area contributed by atoms with Crippen LogP contribution in [0, 0.1) is 5.41 Å². The van der Waals surface area contributed by atoms with Crippen molar-refractivity contribution in [2.75, 3.05) is 21.3 Å². The quantitative estimate of drug-likeness (QED) is 0.557. The first-order valence-corrected chi connectivity index (χ1v) is 12.4. The molecule has 1 atom stereocenters. The van der Waals surface area contributed by atoms with Crippen LogP contribution in [0.4, 0.5) is 0 Å². The Morgan fingerprint density at radius 1 is 0.971 bits per heavy atom. The molecule has 7 heteroatoms. The van der Waals surface area contributed by atoms with Gasteiger partial charge < -0.3 is 24.3 Å². The maximum atomic E-state index is 13.7. The van der Waals surface area contributed by atoms with Crippen LogP contribution in [0.1, 0.15) is 77.2 Å². The van der Waals surface area contributed by atoms with Gasteiger partial charge >= 0.3 is 5.97 Å². The van der Waals surface area contributed by atoms with Gasteiger partial charge in [-0.15, -0.1) is 0 Å². The van der Waals surface area contributed by atoms with E-state index >= 15 is 0 Å². The summed E-state index contributed by atoms with van der Waals surface area (Å²) < 4.78 is 22.7. The smallest absolute Gasteiger partial charge is 0.337 e. The number of carbonyl (C=O) groups excluding carboxylic acids is 2. The standard InChI is InChI=1S/C28H37NO6/c1-16-23(27(31)35-18-10-8-7-9-11-18)24(25-19(29-16)14-28(2,3)15-20(25)30)17-12-21(32-4)26(34-6)22(13-17)33-5/h12-13,18,24,29H,7-11,14-15H2,1-6H3/t24-/m1/s1. The molecule has 1 N–H and O–H groups in total. The van der Waals surface area contributed by atoms with Crippen LogP contribution < -0.4 is 19.5 Å². The van der Waals surface area contributed by atoms with Gasteiger partial charge in [-0.05, 0) is 62.1 Å². The van der Waals surface area contributed by atoms with E-state index in [9.17, 15) is 9.59 Å². The molecule has 0 aromatic heterocycles. The van der Waals surface area contributed by atoms with E-state index in [-0.39, 0.29) is 23.3 Å². The van der Waals surface area contributed by atoms with Gasteiger partial charge in [-0.2, -0.15) is 0 Å². The zero-order chi connectivity index (χ0) is 25.3. The Labute approximate surface area is 207 Å². The van der Waals surface area contributed by atoms with Crippen LogP contribution >= 0.6 is 0 Å². The van der Waals surface area contributed by atoms with E-state index in [1.165, 1.54) is 6.42 Å². The van der Waals surface area contributed by atoms with Crippen molar-refractivity contribution in [2.24, 2.45) is 5.41 Å². The molecule has 3 aliphatic rings. The van der Waals surface area contributed by atoms with Crippen LogP contribution in [0.15, 0.2) is 34.7 Å². The maximum absolute atomic E-state index is 13.7. The van der Waals surface area contributed by atoms with Crippen LogP contribution in [0.3, 0.4) is 0 Å². The van der Waals surface area contributed by atoms with E-state index in [1.54, 1.807) is 21.3 Å². The van der Waals surface area contributed by atoms with E-state index in [2.05, 4.69) is 19.2 Å². The fraction of sp³-hybridized carbons (Fsp3) is 0.571. The number of dihydropyridines is 1. The summed E-state index contributed by atoms with van der Waals surface area (Å²) in [5, 5.41) is 3.40. The number of hydrogen-bond donors (Lipinski definition) is 1. The molecule has 1 aromatic rings. The first-order valence-electron chi connectivity index (χ1n) is 12.4. The average molecular weight is 484 g/mol. The van der Waals surface area contributed by atoms with Crippen LogP contribution in [0.5, 0.6) is 17.2 Å². The number of methoxy groups -OCH3 is 3. The van der Waals surface area contributed by atoms with Gasteiger partial charge in [0, 0.05) is 29.3 Å². The highest BCUT2D eigenvalue weighted by Gasteiger charge is 2.44. The summed E-state index contributed by atoms with van der Waals surface area (Å²) >= 11 is 0. The second-order valence-electron chi connectivity index (χ2n) is 10.6. The fourth-order valence-corrected chi connectivity index (χ4v) is 5.71. The van der Waals surface area contributed by atoms with Crippen molar-refractivity contribution in [1.29, 1.82) is 0 Å². The summed E-state index contributed by atoms with van der Waals surface area (Å²) in [4.78, 5) is 27.2. The minimum absolute atomic E-state index is 0.0398. The van der Waals surface area contributed by atoms with E-state index < -0.39 is 5.92 Å². The molecule has 0 bridgehead atoms. The summed E-state index contributed by atoms with van der Waals surface area (Å²) in [6.07, 6.45) is 6.10. The van der Waals surface area contributed by atoms with E-state index in [1.807, 2.05) is 19.1 Å². The van der Waals surface area contributed by atoms with Crippen molar-refractivity contribution in [1.82, 2.24) is 5.32 Å². The molecule has 1 saturated carbocycles. The van der Waals surface area contributed by atoms with Crippen molar-refractivity contribution in [3.8, 4) is 17.2 Å². The molecule has 0 spiro atoms. The molecule has 4 rings (SSSR count). The number of carbonyl (C=O) groups is 2. The van der Waals surface area contributed by atoms with Crippen LogP contribution in [-0.2, 0) is 14.3 Å². The third-order valence-electron chi connectivity index (χ3n) is 7.31. The predicted molar refractivity (Wildman–Crippen MR) is 133 cm³/mol.